The van der Waals surface area contributed by atoms with Gasteiger partial charge in [-0.25, -0.2) is 0 Å². The largest absolute Gasteiger partial charge is 0.342 e. The van der Waals surface area contributed by atoms with E-state index in [1.54, 1.807) is 11.8 Å². The predicted octanol–water partition coefficient (Wildman–Crippen LogP) is 5.17. The van der Waals surface area contributed by atoms with Gasteiger partial charge in [0.2, 0.25) is 5.91 Å². The van der Waals surface area contributed by atoms with Gasteiger partial charge in [0.05, 0.1) is 0 Å². The molecule has 0 aromatic heterocycles. The van der Waals surface area contributed by atoms with E-state index in [2.05, 4.69) is 26.0 Å². The first-order valence-electron chi connectivity index (χ1n) is 8.31. The Morgan fingerprint density at radius 2 is 1.61 bits per heavy atom. The van der Waals surface area contributed by atoms with Crippen molar-refractivity contribution in [3.63, 3.8) is 0 Å². The van der Waals surface area contributed by atoms with E-state index in [4.69, 9.17) is 0 Å². The average molecular weight is 327 g/mol. The lowest BCUT2D eigenvalue weighted by atomic mass is 10.1. The van der Waals surface area contributed by atoms with Crippen molar-refractivity contribution in [2.45, 2.75) is 36.8 Å². The third kappa shape index (κ3) is 5.14. The van der Waals surface area contributed by atoms with Gasteiger partial charge in [-0.2, -0.15) is 0 Å². The molecule has 0 unspecified atom stereocenters. The summed E-state index contributed by atoms with van der Waals surface area (Å²) in [5.74, 6) is 0.209. The zero-order chi connectivity index (χ0) is 16.5. The van der Waals surface area contributed by atoms with E-state index in [9.17, 15) is 4.79 Å². The fraction of sp³-hybridized carbons (Fsp3) is 0.350. The molecule has 0 aliphatic rings. The Bertz CT molecular complexity index is 585. The highest BCUT2D eigenvalue weighted by Gasteiger charge is 2.25. The fourth-order valence-electron chi connectivity index (χ4n) is 2.46. The highest BCUT2D eigenvalue weighted by atomic mass is 32.2. The zero-order valence-corrected chi connectivity index (χ0v) is 14.8. The van der Waals surface area contributed by atoms with Crippen molar-refractivity contribution >= 4 is 17.7 Å². The normalized spacial score (nSPS) is 11.9. The summed E-state index contributed by atoms with van der Waals surface area (Å²) in [4.78, 5) is 16.2. The molecule has 23 heavy (non-hydrogen) atoms. The fourth-order valence-corrected chi connectivity index (χ4v) is 3.59. The molecule has 0 spiro atoms. The molecule has 0 saturated carbocycles. The first-order chi connectivity index (χ1) is 11.3. The summed E-state index contributed by atoms with van der Waals surface area (Å²) < 4.78 is 0. The number of hydrogen-bond acceptors (Lipinski definition) is 2. The second kappa shape index (κ2) is 9.41. The standard InChI is InChI=1S/C20H25NOS/c1-3-5-16-21(4-2)20(22)19(17-12-8-6-9-13-17)23-18-14-10-7-11-15-18/h6-15,19H,3-5,16H2,1-2H3/t19-/m1/s1. The Balaban J connectivity index is 2.24. The molecule has 1 amide bonds. The first kappa shape index (κ1) is 17.6. The van der Waals surface area contributed by atoms with Crippen LogP contribution in [0.25, 0.3) is 0 Å². The topological polar surface area (TPSA) is 20.3 Å². The van der Waals surface area contributed by atoms with E-state index in [1.165, 1.54) is 0 Å². The third-order valence-corrected chi connectivity index (χ3v) is 5.05. The molecular weight excluding hydrogens is 302 g/mol. The Labute approximate surface area is 143 Å². The number of amides is 1. The number of nitrogens with zero attached hydrogens (tertiary/aromatic N) is 1. The summed E-state index contributed by atoms with van der Waals surface area (Å²) in [6.07, 6.45) is 2.16. The molecule has 0 N–H and O–H groups in total. The van der Waals surface area contributed by atoms with E-state index in [-0.39, 0.29) is 11.2 Å². The molecule has 122 valence electrons. The molecular formula is C20H25NOS. The van der Waals surface area contributed by atoms with Gasteiger partial charge in [-0.15, -0.1) is 11.8 Å². The molecule has 0 saturated heterocycles. The van der Waals surface area contributed by atoms with E-state index in [0.717, 1.165) is 36.4 Å². The van der Waals surface area contributed by atoms with Gasteiger partial charge in [0, 0.05) is 18.0 Å². The highest BCUT2D eigenvalue weighted by molar-refractivity contribution is 8.00. The molecule has 0 aliphatic heterocycles. The molecule has 2 rings (SSSR count). The molecule has 3 heteroatoms. The summed E-state index contributed by atoms with van der Waals surface area (Å²) >= 11 is 1.64. The van der Waals surface area contributed by atoms with Crippen molar-refractivity contribution in [1.82, 2.24) is 4.90 Å². The lowest BCUT2D eigenvalue weighted by Gasteiger charge is -2.26. The monoisotopic (exact) mass is 327 g/mol. The van der Waals surface area contributed by atoms with Crippen LogP contribution < -0.4 is 0 Å². The third-order valence-electron chi connectivity index (χ3n) is 3.80. The van der Waals surface area contributed by atoms with Gasteiger partial charge in [-0.05, 0) is 31.0 Å². The summed E-state index contributed by atoms with van der Waals surface area (Å²) in [7, 11) is 0. The Morgan fingerprint density at radius 3 is 2.17 bits per heavy atom. The second-order valence-corrected chi connectivity index (χ2v) is 6.67. The zero-order valence-electron chi connectivity index (χ0n) is 13.9. The number of carbonyl (C=O) groups is 1. The van der Waals surface area contributed by atoms with Crippen LogP contribution in [-0.4, -0.2) is 23.9 Å². The van der Waals surface area contributed by atoms with Crippen molar-refractivity contribution in [2.24, 2.45) is 0 Å². The Kier molecular flexibility index (Phi) is 7.21. The molecule has 1 atom stereocenters. The van der Waals surface area contributed by atoms with Crippen LogP contribution in [0.2, 0.25) is 0 Å². The molecule has 2 aromatic rings. The summed E-state index contributed by atoms with van der Waals surface area (Å²) in [5.41, 5.74) is 1.07. The van der Waals surface area contributed by atoms with E-state index < -0.39 is 0 Å². The molecule has 2 nitrogen and oxygen atoms in total. The number of carbonyl (C=O) groups excluding carboxylic acids is 1. The van der Waals surface area contributed by atoms with Crippen LogP contribution >= 0.6 is 11.8 Å². The van der Waals surface area contributed by atoms with Gasteiger partial charge < -0.3 is 4.90 Å². The summed E-state index contributed by atoms with van der Waals surface area (Å²) in [6, 6.07) is 20.3. The van der Waals surface area contributed by atoms with Crippen molar-refractivity contribution in [2.75, 3.05) is 13.1 Å². The van der Waals surface area contributed by atoms with Crippen LogP contribution in [0.15, 0.2) is 65.6 Å². The minimum absolute atomic E-state index is 0.185. The molecule has 0 radical (unpaired) electrons. The maximum Gasteiger partial charge on any atom is 0.240 e. The Hall–Kier alpha value is -1.74. The van der Waals surface area contributed by atoms with E-state index in [1.807, 2.05) is 53.4 Å². The van der Waals surface area contributed by atoms with Crippen LogP contribution in [0.1, 0.15) is 37.5 Å². The molecule has 0 fully saturated rings. The molecule has 0 bridgehead atoms. The van der Waals surface area contributed by atoms with Crippen LogP contribution in [0.5, 0.6) is 0 Å². The quantitative estimate of drug-likeness (QED) is 0.624. The van der Waals surface area contributed by atoms with E-state index >= 15 is 0 Å². The number of hydrogen-bond donors (Lipinski definition) is 0. The van der Waals surface area contributed by atoms with Gasteiger partial charge in [0.1, 0.15) is 5.25 Å². The summed E-state index contributed by atoms with van der Waals surface area (Å²) in [5, 5.41) is -0.185. The van der Waals surface area contributed by atoms with Gasteiger partial charge in [0.15, 0.2) is 0 Å². The van der Waals surface area contributed by atoms with Gasteiger partial charge in [-0.1, -0.05) is 61.9 Å². The van der Waals surface area contributed by atoms with Gasteiger partial charge >= 0.3 is 0 Å². The van der Waals surface area contributed by atoms with Crippen LogP contribution in [0, 0.1) is 0 Å². The van der Waals surface area contributed by atoms with Crippen molar-refractivity contribution in [3.05, 3.63) is 66.2 Å². The maximum atomic E-state index is 13.1. The number of thioether (sulfide) groups is 1. The van der Waals surface area contributed by atoms with Crippen LogP contribution in [-0.2, 0) is 4.79 Å². The van der Waals surface area contributed by atoms with Crippen LogP contribution in [0.4, 0.5) is 0 Å². The first-order valence-corrected chi connectivity index (χ1v) is 9.19. The lowest BCUT2D eigenvalue weighted by Crippen LogP contribution is -2.34. The Morgan fingerprint density at radius 1 is 1.00 bits per heavy atom. The van der Waals surface area contributed by atoms with Crippen molar-refractivity contribution < 1.29 is 4.79 Å². The predicted molar refractivity (Wildman–Crippen MR) is 98.6 cm³/mol. The second-order valence-electron chi connectivity index (χ2n) is 5.49. The van der Waals surface area contributed by atoms with E-state index in [0.29, 0.717) is 0 Å². The number of rotatable bonds is 8. The van der Waals surface area contributed by atoms with Gasteiger partial charge in [-0.3, -0.25) is 4.79 Å². The summed E-state index contributed by atoms with van der Waals surface area (Å²) in [6.45, 7) is 5.82. The molecule has 0 heterocycles. The minimum atomic E-state index is -0.185. The average Bonchev–Trinajstić information content (AvgIpc) is 2.62. The smallest absolute Gasteiger partial charge is 0.240 e. The number of unbranched alkanes of at least 4 members (excludes halogenated alkanes) is 1. The number of likely N-dealkylation sites (N-methyl/N-ethyl adjacent to an activating group) is 1. The molecule has 0 aliphatic carbocycles. The highest BCUT2D eigenvalue weighted by Crippen LogP contribution is 2.36. The number of benzene rings is 2. The maximum absolute atomic E-state index is 13.1. The van der Waals surface area contributed by atoms with Crippen molar-refractivity contribution in [3.8, 4) is 0 Å². The van der Waals surface area contributed by atoms with Crippen LogP contribution in [0.3, 0.4) is 0 Å². The molecule has 2 aromatic carbocycles. The van der Waals surface area contributed by atoms with Crippen molar-refractivity contribution in [1.29, 1.82) is 0 Å². The van der Waals surface area contributed by atoms with Gasteiger partial charge in [0.25, 0.3) is 0 Å². The lowest BCUT2D eigenvalue weighted by molar-refractivity contribution is -0.130. The SMILES string of the molecule is CCCCN(CC)C(=O)[C@H](Sc1ccccc1)c1ccccc1. The minimum Gasteiger partial charge on any atom is -0.342 e.